The highest BCUT2D eigenvalue weighted by molar-refractivity contribution is 6.04. The molecule has 0 aliphatic rings. The molecule has 126 valence electrons. The molecule has 0 atom stereocenters. The SMILES string of the molecule is CCOc1ccc2[nH+]c3cc(NCc4ccco4)ccc3c(N)c2c1. The number of nitrogen functional groups attached to an aromatic ring is 1. The average molecular weight is 334 g/mol. The second-order valence-electron chi connectivity index (χ2n) is 5.87. The van der Waals surface area contributed by atoms with Gasteiger partial charge in [-0.25, -0.2) is 4.98 Å². The Bertz CT molecular complexity index is 1030. The molecule has 0 bridgehead atoms. The maximum Gasteiger partial charge on any atom is 0.215 e. The number of hydrogen-bond acceptors (Lipinski definition) is 4. The Labute approximate surface area is 145 Å². The molecule has 0 aliphatic carbocycles. The summed E-state index contributed by atoms with van der Waals surface area (Å²) in [6, 6.07) is 15.9. The molecule has 0 unspecified atom stereocenters. The number of furan rings is 1. The Morgan fingerprint density at radius 1 is 1.08 bits per heavy atom. The lowest BCUT2D eigenvalue weighted by atomic mass is 10.1. The summed E-state index contributed by atoms with van der Waals surface area (Å²) in [5, 5.41) is 5.32. The number of aromatic nitrogens is 1. The Balaban J connectivity index is 1.72. The van der Waals surface area contributed by atoms with Gasteiger partial charge >= 0.3 is 0 Å². The predicted octanol–water partition coefficient (Wildman–Crippen LogP) is 3.99. The van der Waals surface area contributed by atoms with Crippen molar-refractivity contribution in [1.29, 1.82) is 0 Å². The first-order valence-corrected chi connectivity index (χ1v) is 8.32. The van der Waals surface area contributed by atoms with Crippen molar-refractivity contribution < 1.29 is 14.1 Å². The lowest BCUT2D eigenvalue weighted by Crippen LogP contribution is -2.09. The highest BCUT2D eigenvalue weighted by Gasteiger charge is 2.13. The van der Waals surface area contributed by atoms with Crippen LogP contribution in [0.3, 0.4) is 0 Å². The van der Waals surface area contributed by atoms with Gasteiger partial charge in [-0.2, -0.15) is 0 Å². The molecule has 5 heteroatoms. The zero-order valence-electron chi connectivity index (χ0n) is 14.0. The summed E-state index contributed by atoms with van der Waals surface area (Å²) in [5.41, 5.74) is 10.1. The molecule has 0 fully saturated rings. The zero-order valence-corrected chi connectivity index (χ0v) is 14.0. The van der Waals surface area contributed by atoms with E-state index in [0.29, 0.717) is 13.2 Å². The van der Waals surface area contributed by atoms with Crippen molar-refractivity contribution in [3.63, 3.8) is 0 Å². The van der Waals surface area contributed by atoms with Crippen LogP contribution in [0, 0.1) is 0 Å². The van der Waals surface area contributed by atoms with Crippen LogP contribution in [-0.2, 0) is 6.54 Å². The minimum absolute atomic E-state index is 0.632. The van der Waals surface area contributed by atoms with Gasteiger partial charge in [-0.3, -0.25) is 0 Å². The molecule has 2 aromatic carbocycles. The third kappa shape index (κ3) is 2.96. The van der Waals surface area contributed by atoms with Gasteiger partial charge in [0.2, 0.25) is 11.0 Å². The van der Waals surface area contributed by atoms with Gasteiger partial charge in [0.05, 0.1) is 35.9 Å². The molecular weight excluding hydrogens is 314 g/mol. The normalized spacial score (nSPS) is 11.1. The van der Waals surface area contributed by atoms with E-state index < -0.39 is 0 Å². The van der Waals surface area contributed by atoms with Crippen LogP contribution >= 0.6 is 0 Å². The van der Waals surface area contributed by atoms with Gasteiger partial charge in [-0.1, -0.05) is 0 Å². The van der Waals surface area contributed by atoms with Gasteiger partial charge < -0.3 is 20.2 Å². The van der Waals surface area contributed by atoms with Crippen molar-refractivity contribution in [2.24, 2.45) is 0 Å². The molecule has 2 heterocycles. The Kier molecular flexibility index (Phi) is 3.90. The van der Waals surface area contributed by atoms with Crippen LogP contribution in [0.1, 0.15) is 12.7 Å². The van der Waals surface area contributed by atoms with Crippen molar-refractivity contribution in [3.05, 3.63) is 60.6 Å². The Morgan fingerprint density at radius 2 is 2.00 bits per heavy atom. The van der Waals surface area contributed by atoms with E-state index in [1.807, 2.05) is 49.4 Å². The van der Waals surface area contributed by atoms with Gasteiger partial charge in [0.25, 0.3) is 0 Å². The summed E-state index contributed by atoms with van der Waals surface area (Å²) in [6.45, 7) is 3.24. The van der Waals surface area contributed by atoms with Gasteiger partial charge in [0.1, 0.15) is 11.5 Å². The summed E-state index contributed by atoms with van der Waals surface area (Å²) in [4.78, 5) is 3.45. The minimum atomic E-state index is 0.632. The van der Waals surface area contributed by atoms with Gasteiger partial charge in [-0.15, -0.1) is 0 Å². The largest absolute Gasteiger partial charge is 0.494 e. The third-order valence-electron chi connectivity index (χ3n) is 4.22. The summed E-state index contributed by atoms with van der Waals surface area (Å²) < 4.78 is 10.9. The Hall–Kier alpha value is -3.21. The van der Waals surface area contributed by atoms with Crippen molar-refractivity contribution in [2.75, 3.05) is 17.7 Å². The molecule has 0 aliphatic heterocycles. The quantitative estimate of drug-likeness (QED) is 0.541. The van der Waals surface area contributed by atoms with E-state index >= 15 is 0 Å². The first-order chi connectivity index (χ1) is 12.2. The Morgan fingerprint density at radius 3 is 2.80 bits per heavy atom. The number of hydrogen-bond donors (Lipinski definition) is 2. The van der Waals surface area contributed by atoms with E-state index in [1.54, 1.807) is 6.26 Å². The topological polar surface area (TPSA) is 74.6 Å². The molecule has 0 saturated heterocycles. The fourth-order valence-electron chi connectivity index (χ4n) is 3.00. The molecule has 2 aromatic heterocycles. The van der Waals surface area contributed by atoms with Crippen LogP contribution in [0.4, 0.5) is 11.4 Å². The fraction of sp³-hybridized carbons (Fsp3) is 0.150. The number of benzene rings is 2. The average Bonchev–Trinajstić information content (AvgIpc) is 3.14. The molecule has 25 heavy (non-hydrogen) atoms. The second-order valence-corrected chi connectivity index (χ2v) is 5.87. The molecular formula is C20H20N3O2+. The van der Waals surface area contributed by atoms with Crippen molar-refractivity contribution in [3.8, 4) is 5.75 Å². The summed E-state index contributed by atoms with van der Waals surface area (Å²) in [5.74, 6) is 1.72. The van der Waals surface area contributed by atoms with E-state index in [9.17, 15) is 0 Å². The maximum atomic E-state index is 6.41. The smallest absolute Gasteiger partial charge is 0.215 e. The van der Waals surface area contributed by atoms with Crippen LogP contribution in [0.5, 0.6) is 5.75 Å². The van der Waals surface area contributed by atoms with Crippen LogP contribution in [-0.4, -0.2) is 6.61 Å². The van der Waals surface area contributed by atoms with E-state index in [0.717, 1.165) is 44.7 Å². The summed E-state index contributed by atoms with van der Waals surface area (Å²) >= 11 is 0. The number of H-pyrrole nitrogens is 1. The summed E-state index contributed by atoms with van der Waals surface area (Å²) in [7, 11) is 0. The highest BCUT2D eigenvalue weighted by Crippen LogP contribution is 2.30. The predicted molar refractivity (Wildman–Crippen MR) is 99.6 cm³/mol. The number of pyridine rings is 1. The molecule has 0 amide bonds. The van der Waals surface area contributed by atoms with E-state index in [4.69, 9.17) is 14.9 Å². The van der Waals surface area contributed by atoms with E-state index in [2.05, 4.69) is 16.4 Å². The van der Waals surface area contributed by atoms with Crippen LogP contribution in [0.2, 0.25) is 0 Å². The summed E-state index contributed by atoms with van der Waals surface area (Å²) in [6.07, 6.45) is 1.68. The van der Waals surface area contributed by atoms with Crippen LogP contribution < -0.4 is 20.8 Å². The van der Waals surface area contributed by atoms with Gasteiger partial charge in [0.15, 0.2) is 0 Å². The van der Waals surface area contributed by atoms with E-state index in [1.165, 1.54) is 0 Å². The molecule has 4 aromatic rings. The molecule has 0 spiro atoms. The van der Waals surface area contributed by atoms with Gasteiger partial charge in [0, 0.05) is 17.8 Å². The van der Waals surface area contributed by atoms with Crippen molar-refractivity contribution >= 4 is 33.2 Å². The number of nitrogens with one attached hydrogen (secondary N) is 2. The highest BCUT2D eigenvalue weighted by atomic mass is 16.5. The maximum absolute atomic E-state index is 6.41. The number of fused-ring (bicyclic) bond motifs is 2. The number of ether oxygens (including phenoxy) is 1. The number of aromatic amines is 1. The lowest BCUT2D eigenvalue weighted by molar-refractivity contribution is -0.310. The van der Waals surface area contributed by atoms with Gasteiger partial charge in [-0.05, 0) is 43.3 Å². The van der Waals surface area contributed by atoms with Crippen molar-refractivity contribution in [1.82, 2.24) is 0 Å². The monoisotopic (exact) mass is 334 g/mol. The first-order valence-electron chi connectivity index (χ1n) is 8.32. The van der Waals surface area contributed by atoms with Crippen LogP contribution in [0.25, 0.3) is 21.8 Å². The second kappa shape index (κ2) is 6.36. The number of rotatable bonds is 5. The number of anilines is 2. The lowest BCUT2D eigenvalue weighted by Gasteiger charge is -2.08. The third-order valence-corrected chi connectivity index (χ3v) is 4.22. The van der Waals surface area contributed by atoms with E-state index in [-0.39, 0.29) is 0 Å². The number of nitrogens with two attached hydrogens (primary N) is 1. The zero-order chi connectivity index (χ0) is 17.2. The molecule has 0 saturated carbocycles. The standard InChI is InChI=1S/C20H19N3O2/c1-2-24-14-6-8-18-17(11-14)20(21)16-7-5-13(10-19(16)23-18)22-12-15-4-3-9-25-15/h3-11,22H,2,12H2,1H3,(H2,21,23)/p+1. The van der Waals surface area contributed by atoms with Crippen molar-refractivity contribution in [2.45, 2.75) is 13.5 Å². The molecule has 5 nitrogen and oxygen atoms in total. The minimum Gasteiger partial charge on any atom is -0.494 e. The molecule has 4 rings (SSSR count). The fourth-order valence-corrected chi connectivity index (χ4v) is 3.00. The van der Waals surface area contributed by atoms with Crippen LogP contribution in [0.15, 0.2) is 59.2 Å². The molecule has 4 N–H and O–H groups in total. The molecule has 0 radical (unpaired) electrons. The first kappa shape index (κ1) is 15.3.